The van der Waals surface area contributed by atoms with Gasteiger partial charge in [0.05, 0.1) is 18.4 Å². The Morgan fingerprint density at radius 3 is 2.12 bits per heavy atom. The van der Waals surface area contributed by atoms with Crippen LogP contribution in [0.4, 0.5) is 36.4 Å². The molecule has 2 aromatic carbocycles. The molecule has 1 aliphatic heterocycles. The summed E-state index contributed by atoms with van der Waals surface area (Å²) in [6.07, 6.45) is -4.30. The lowest BCUT2D eigenvalue weighted by Gasteiger charge is -2.25. The van der Waals surface area contributed by atoms with E-state index in [1.807, 2.05) is 0 Å². The van der Waals surface area contributed by atoms with Crippen molar-refractivity contribution in [1.82, 2.24) is 0 Å². The lowest BCUT2D eigenvalue weighted by Crippen LogP contribution is -2.43. The fourth-order valence-corrected chi connectivity index (χ4v) is 2.34. The summed E-state index contributed by atoms with van der Waals surface area (Å²) in [5.41, 5.74) is -3.06. The number of ether oxygens (including phenoxy) is 2. The number of alkyl halides is 2. The monoisotopic (exact) mass is 381 g/mol. The Hall–Kier alpha value is -2.98. The molecule has 0 spiro atoms. The molecule has 0 aliphatic carbocycles. The summed E-state index contributed by atoms with van der Waals surface area (Å²) < 4.78 is 105. The third-order valence-electron chi connectivity index (χ3n) is 3.52. The number of nitrogens with one attached hydrogen (secondary N) is 1. The standard InChI is InChI=1S/C15H6F7NO3/c1-25-13-11(19)9(17)8(10(18)12(13)20)4-2-6-7(3-5(4)16)26-15(21,22)14(24)23-6/h2-3H,1H3,(H,23,24). The number of carbonyl (C=O) groups is 1. The molecule has 0 radical (unpaired) electrons. The Bertz CT molecular complexity index is 917. The van der Waals surface area contributed by atoms with E-state index in [2.05, 4.69) is 9.47 Å². The predicted molar refractivity (Wildman–Crippen MR) is 72.4 cm³/mol. The Morgan fingerprint density at radius 1 is 1.00 bits per heavy atom. The first-order valence-electron chi connectivity index (χ1n) is 6.70. The zero-order valence-electron chi connectivity index (χ0n) is 12.5. The van der Waals surface area contributed by atoms with E-state index in [0.29, 0.717) is 6.07 Å². The zero-order chi connectivity index (χ0) is 19.4. The molecule has 4 nitrogen and oxygen atoms in total. The number of anilines is 1. The van der Waals surface area contributed by atoms with E-state index in [1.54, 1.807) is 5.32 Å². The van der Waals surface area contributed by atoms with E-state index in [0.717, 1.165) is 7.11 Å². The van der Waals surface area contributed by atoms with Gasteiger partial charge in [-0.3, -0.25) is 4.79 Å². The third-order valence-corrected chi connectivity index (χ3v) is 3.52. The molecule has 0 fully saturated rings. The van der Waals surface area contributed by atoms with E-state index in [1.165, 1.54) is 0 Å². The first-order valence-corrected chi connectivity index (χ1v) is 6.70. The summed E-state index contributed by atoms with van der Waals surface area (Å²) in [5.74, 6) is -13.5. The molecule has 26 heavy (non-hydrogen) atoms. The molecule has 1 amide bonds. The van der Waals surface area contributed by atoms with Gasteiger partial charge in [-0.25, -0.2) is 13.2 Å². The summed E-state index contributed by atoms with van der Waals surface area (Å²) in [7, 11) is 0.757. The molecule has 0 bridgehead atoms. The second-order valence-electron chi connectivity index (χ2n) is 5.07. The van der Waals surface area contributed by atoms with Crippen LogP contribution in [0.2, 0.25) is 0 Å². The second-order valence-corrected chi connectivity index (χ2v) is 5.07. The van der Waals surface area contributed by atoms with Crippen LogP contribution in [0.25, 0.3) is 11.1 Å². The molecule has 0 aromatic heterocycles. The molecule has 138 valence electrons. The van der Waals surface area contributed by atoms with Gasteiger partial charge in [0.15, 0.2) is 23.1 Å². The fraction of sp³-hybridized carbons (Fsp3) is 0.133. The van der Waals surface area contributed by atoms with Crippen LogP contribution in [-0.2, 0) is 4.79 Å². The molecule has 0 unspecified atom stereocenters. The Kier molecular flexibility index (Phi) is 3.97. The highest BCUT2D eigenvalue weighted by Crippen LogP contribution is 2.42. The Balaban J connectivity index is 2.25. The number of hydrogen-bond acceptors (Lipinski definition) is 3. The largest absolute Gasteiger partial charge is 0.491 e. The highest BCUT2D eigenvalue weighted by molar-refractivity contribution is 5.99. The maximum atomic E-state index is 14.2. The van der Waals surface area contributed by atoms with Crippen LogP contribution in [0, 0.1) is 29.1 Å². The number of rotatable bonds is 2. The van der Waals surface area contributed by atoms with Gasteiger partial charge in [0.25, 0.3) is 0 Å². The van der Waals surface area contributed by atoms with Crippen LogP contribution in [0.15, 0.2) is 12.1 Å². The maximum Gasteiger partial charge on any atom is 0.482 e. The van der Waals surface area contributed by atoms with E-state index in [-0.39, 0.29) is 6.07 Å². The van der Waals surface area contributed by atoms with Gasteiger partial charge in [0, 0.05) is 11.6 Å². The molecule has 1 heterocycles. The smallest absolute Gasteiger partial charge is 0.482 e. The van der Waals surface area contributed by atoms with Crippen molar-refractivity contribution in [3.05, 3.63) is 41.2 Å². The van der Waals surface area contributed by atoms with Crippen LogP contribution < -0.4 is 14.8 Å². The van der Waals surface area contributed by atoms with Gasteiger partial charge >= 0.3 is 12.0 Å². The number of carbonyl (C=O) groups excluding carboxylic acids is 1. The summed E-state index contributed by atoms with van der Waals surface area (Å²) >= 11 is 0. The molecule has 2 aromatic rings. The molecule has 1 aliphatic rings. The topological polar surface area (TPSA) is 47.6 Å². The lowest BCUT2D eigenvalue weighted by atomic mass is 10.0. The van der Waals surface area contributed by atoms with Crippen molar-refractivity contribution in [2.24, 2.45) is 0 Å². The number of fused-ring (bicyclic) bond motifs is 1. The quantitative estimate of drug-likeness (QED) is 0.633. The summed E-state index contributed by atoms with van der Waals surface area (Å²) in [4.78, 5) is 11.2. The van der Waals surface area contributed by atoms with Crippen molar-refractivity contribution in [2.75, 3.05) is 12.4 Å². The minimum atomic E-state index is -4.30. The normalized spacial score (nSPS) is 15.2. The predicted octanol–water partition coefficient (Wildman–Crippen LogP) is 3.98. The Morgan fingerprint density at radius 2 is 1.58 bits per heavy atom. The van der Waals surface area contributed by atoms with Crippen LogP contribution in [0.1, 0.15) is 0 Å². The fourth-order valence-electron chi connectivity index (χ4n) is 2.34. The number of benzene rings is 2. The van der Waals surface area contributed by atoms with Gasteiger partial charge in [0.1, 0.15) is 5.82 Å². The average molecular weight is 381 g/mol. The molecule has 0 atom stereocenters. The van der Waals surface area contributed by atoms with E-state index in [9.17, 15) is 35.5 Å². The highest BCUT2D eigenvalue weighted by atomic mass is 19.3. The van der Waals surface area contributed by atoms with Gasteiger partial charge in [-0.05, 0) is 6.07 Å². The first kappa shape index (κ1) is 17.8. The highest BCUT2D eigenvalue weighted by Gasteiger charge is 2.46. The molecule has 3 rings (SSSR count). The van der Waals surface area contributed by atoms with E-state index < -0.39 is 69.4 Å². The van der Waals surface area contributed by atoms with E-state index in [4.69, 9.17) is 0 Å². The van der Waals surface area contributed by atoms with Crippen LogP contribution in [-0.4, -0.2) is 19.1 Å². The maximum absolute atomic E-state index is 14.2. The van der Waals surface area contributed by atoms with Crippen molar-refractivity contribution in [3.8, 4) is 22.6 Å². The van der Waals surface area contributed by atoms with Crippen molar-refractivity contribution in [2.45, 2.75) is 6.11 Å². The van der Waals surface area contributed by atoms with Crippen molar-refractivity contribution >= 4 is 11.6 Å². The van der Waals surface area contributed by atoms with Gasteiger partial charge in [0.2, 0.25) is 11.6 Å². The van der Waals surface area contributed by atoms with Gasteiger partial charge < -0.3 is 14.8 Å². The second kappa shape index (κ2) is 5.78. The van der Waals surface area contributed by atoms with Crippen molar-refractivity contribution in [3.63, 3.8) is 0 Å². The summed E-state index contributed by atoms with van der Waals surface area (Å²) in [6.45, 7) is 0. The van der Waals surface area contributed by atoms with E-state index >= 15 is 0 Å². The van der Waals surface area contributed by atoms with Crippen molar-refractivity contribution < 1.29 is 45.0 Å². The number of amides is 1. The van der Waals surface area contributed by atoms with Gasteiger partial charge in [-0.15, -0.1) is 0 Å². The molecular formula is C15H6F7NO3. The number of halogens is 7. The number of hydrogen-bond donors (Lipinski definition) is 1. The average Bonchev–Trinajstić information content (AvgIpc) is 2.56. The van der Waals surface area contributed by atoms with Crippen LogP contribution in [0.5, 0.6) is 11.5 Å². The third kappa shape index (κ3) is 2.50. The van der Waals surface area contributed by atoms with Gasteiger partial charge in [-0.2, -0.15) is 17.6 Å². The van der Waals surface area contributed by atoms with Crippen molar-refractivity contribution in [1.29, 1.82) is 0 Å². The molecule has 0 saturated heterocycles. The van der Waals surface area contributed by atoms with Crippen LogP contribution >= 0.6 is 0 Å². The summed E-state index contributed by atoms with van der Waals surface area (Å²) in [6, 6.07) is 0.793. The molecule has 11 heteroatoms. The molecular weight excluding hydrogens is 375 g/mol. The zero-order valence-corrected chi connectivity index (χ0v) is 12.5. The lowest BCUT2D eigenvalue weighted by molar-refractivity contribution is -0.189. The summed E-state index contributed by atoms with van der Waals surface area (Å²) in [5, 5.41) is 1.64. The molecule has 1 N–H and O–H groups in total. The number of methoxy groups -OCH3 is 1. The minimum Gasteiger partial charge on any atom is -0.491 e. The Labute approximate surface area is 140 Å². The van der Waals surface area contributed by atoms with Crippen LogP contribution in [0.3, 0.4) is 0 Å². The molecule has 0 saturated carbocycles. The minimum absolute atomic E-state index is 0.289. The SMILES string of the molecule is COc1c(F)c(F)c(-c2cc3c(cc2F)OC(F)(F)C(=O)N3)c(F)c1F. The van der Waals surface area contributed by atoms with Gasteiger partial charge in [-0.1, -0.05) is 0 Å². The first-order chi connectivity index (χ1) is 12.1.